The number of hydrogen-bond donors (Lipinski definition) is 2. The molecule has 0 radical (unpaired) electrons. The first-order chi connectivity index (χ1) is 17.4. The Morgan fingerprint density at radius 2 is 1.94 bits per heavy atom. The van der Waals surface area contributed by atoms with Gasteiger partial charge >= 0.3 is 0 Å². The lowest BCUT2D eigenvalue weighted by molar-refractivity contribution is 0.103. The highest BCUT2D eigenvalue weighted by atomic mass is 19.1. The molecule has 6 rings (SSSR count). The van der Waals surface area contributed by atoms with E-state index in [1.807, 2.05) is 18.2 Å². The minimum Gasteiger partial charge on any atom is -0.356 e. The first-order valence-corrected chi connectivity index (χ1v) is 11.0. The van der Waals surface area contributed by atoms with E-state index in [1.54, 1.807) is 6.20 Å². The van der Waals surface area contributed by atoms with Gasteiger partial charge in [-0.2, -0.15) is 0 Å². The first kappa shape index (κ1) is 21.8. The van der Waals surface area contributed by atoms with Crippen molar-refractivity contribution in [1.29, 1.82) is 0 Å². The fourth-order valence-corrected chi connectivity index (χ4v) is 4.39. The summed E-state index contributed by atoms with van der Waals surface area (Å²) in [6, 6.07) is 4.33. The normalized spacial score (nSPS) is 13.1. The van der Waals surface area contributed by atoms with Crippen molar-refractivity contribution >= 4 is 33.4 Å². The van der Waals surface area contributed by atoms with Gasteiger partial charge < -0.3 is 14.5 Å². The molecule has 4 heterocycles. The quantitative estimate of drug-likeness (QED) is 0.353. The number of carbonyl (C=O) groups is 1. The lowest BCUT2D eigenvalue weighted by Crippen LogP contribution is -2.20. The number of imidazole rings is 1. The van der Waals surface area contributed by atoms with E-state index in [2.05, 4.69) is 26.0 Å². The van der Waals surface area contributed by atoms with Gasteiger partial charge in [0.1, 0.15) is 28.8 Å². The molecular formula is C26H16F3N5O2. The third-order valence-electron chi connectivity index (χ3n) is 6.14. The summed E-state index contributed by atoms with van der Waals surface area (Å²) in [5, 5.41) is 0.193. The predicted octanol–water partition coefficient (Wildman–Crippen LogP) is 4.64. The van der Waals surface area contributed by atoms with Crippen LogP contribution in [0, 0.1) is 17.5 Å². The molecule has 178 valence electrons. The molecule has 5 aromatic rings. The highest BCUT2D eigenvalue weighted by Crippen LogP contribution is 2.25. The van der Waals surface area contributed by atoms with Crippen LogP contribution in [0.15, 0.2) is 65.9 Å². The number of allylic oxidation sites excluding steroid dienone is 4. The van der Waals surface area contributed by atoms with Crippen molar-refractivity contribution in [1.82, 2.24) is 24.5 Å². The van der Waals surface area contributed by atoms with Gasteiger partial charge in [-0.3, -0.25) is 9.59 Å². The molecule has 7 nitrogen and oxygen atoms in total. The number of halogens is 3. The summed E-state index contributed by atoms with van der Waals surface area (Å²) in [6.07, 6.45) is 11.4. The molecule has 0 atom stereocenters. The van der Waals surface area contributed by atoms with E-state index in [1.165, 1.54) is 23.0 Å². The number of benzene rings is 1. The number of pyridine rings is 2. The third-order valence-corrected chi connectivity index (χ3v) is 6.14. The number of aromatic nitrogens is 5. The average molecular weight is 487 g/mol. The van der Waals surface area contributed by atoms with Gasteiger partial charge in [0.15, 0.2) is 5.65 Å². The number of aromatic amines is 2. The largest absolute Gasteiger partial charge is 0.356 e. The molecule has 36 heavy (non-hydrogen) atoms. The molecule has 0 spiro atoms. The van der Waals surface area contributed by atoms with Crippen molar-refractivity contribution in [2.45, 2.75) is 13.0 Å². The van der Waals surface area contributed by atoms with Gasteiger partial charge in [-0.1, -0.05) is 18.2 Å². The highest BCUT2D eigenvalue weighted by Gasteiger charge is 2.24. The number of rotatable bonds is 5. The topological polar surface area (TPSA) is 96.4 Å². The summed E-state index contributed by atoms with van der Waals surface area (Å²) in [4.78, 5) is 40.7. The first-order valence-electron chi connectivity index (χ1n) is 11.0. The van der Waals surface area contributed by atoms with Gasteiger partial charge in [-0.05, 0) is 29.7 Å². The van der Waals surface area contributed by atoms with Crippen LogP contribution in [-0.2, 0) is 6.54 Å². The van der Waals surface area contributed by atoms with Crippen molar-refractivity contribution in [3.63, 3.8) is 0 Å². The average Bonchev–Trinajstić information content (AvgIpc) is 3.59. The summed E-state index contributed by atoms with van der Waals surface area (Å²) >= 11 is 0. The lowest BCUT2D eigenvalue weighted by atomic mass is 10.0. The number of nitrogens with zero attached hydrogens (tertiary/aromatic N) is 3. The Morgan fingerprint density at radius 1 is 1.14 bits per heavy atom. The molecule has 0 saturated carbocycles. The SMILES string of the molecule is O=C(c1c(F)cc(F)cc1F)c1c[nH]c2c(=O)n(Cc3nc4ncc(C5=CC=CC5)cc4[nH]3)ccc12. The van der Waals surface area contributed by atoms with E-state index in [9.17, 15) is 22.8 Å². The van der Waals surface area contributed by atoms with Gasteiger partial charge in [0, 0.05) is 41.7 Å². The van der Waals surface area contributed by atoms with Crippen LogP contribution in [0.2, 0.25) is 0 Å². The number of ketones is 1. The summed E-state index contributed by atoms with van der Waals surface area (Å²) in [5.74, 6) is -4.26. The Kier molecular flexibility index (Phi) is 4.96. The molecule has 2 N–H and O–H groups in total. The fraction of sp³-hybridized carbons (Fsp3) is 0.0769. The van der Waals surface area contributed by atoms with Gasteiger partial charge in [0.2, 0.25) is 5.78 Å². The number of hydrogen-bond acceptors (Lipinski definition) is 4. The molecule has 0 fully saturated rings. The van der Waals surface area contributed by atoms with Gasteiger partial charge in [-0.15, -0.1) is 0 Å². The van der Waals surface area contributed by atoms with Crippen LogP contribution < -0.4 is 5.56 Å². The summed E-state index contributed by atoms with van der Waals surface area (Å²) in [7, 11) is 0. The second-order valence-electron chi connectivity index (χ2n) is 8.42. The van der Waals surface area contributed by atoms with E-state index < -0.39 is 34.4 Å². The number of nitrogens with one attached hydrogen (secondary N) is 2. The van der Waals surface area contributed by atoms with E-state index in [4.69, 9.17) is 0 Å². The smallest absolute Gasteiger partial charge is 0.275 e. The zero-order valence-corrected chi connectivity index (χ0v) is 18.5. The second kappa shape index (κ2) is 8.19. The number of H-pyrrole nitrogens is 2. The van der Waals surface area contributed by atoms with E-state index in [-0.39, 0.29) is 23.0 Å². The van der Waals surface area contributed by atoms with E-state index in [0.29, 0.717) is 23.6 Å². The monoisotopic (exact) mass is 487 g/mol. The zero-order chi connectivity index (χ0) is 25.0. The standard InChI is InChI=1S/C26H16F3N5O2/c27-15-8-18(28)22(19(29)9-15)24(35)17-11-30-23-16(17)5-6-34(26(23)36)12-21-32-20-7-14(10-31-25(20)33-21)13-3-1-2-4-13/h1-3,5-11,30H,4,12H2,(H,31,32,33). The minimum atomic E-state index is -1.32. The fourth-order valence-electron chi connectivity index (χ4n) is 4.39. The lowest BCUT2D eigenvalue weighted by Gasteiger charge is -2.05. The molecule has 1 aliphatic carbocycles. The maximum absolute atomic E-state index is 14.1. The molecule has 1 aromatic carbocycles. The van der Waals surface area contributed by atoms with Crippen molar-refractivity contribution < 1.29 is 18.0 Å². The van der Waals surface area contributed by atoms with E-state index in [0.717, 1.165) is 23.1 Å². The van der Waals surface area contributed by atoms with E-state index >= 15 is 0 Å². The Hall–Kier alpha value is -4.73. The molecule has 4 aromatic heterocycles. The number of fused-ring (bicyclic) bond motifs is 2. The Labute approximate surface area is 200 Å². The summed E-state index contributed by atoms with van der Waals surface area (Å²) in [6.45, 7) is 0.105. The molecule has 0 unspecified atom stereocenters. The van der Waals surface area contributed by atoms with Crippen molar-refractivity contribution in [3.8, 4) is 0 Å². The molecule has 0 amide bonds. The summed E-state index contributed by atoms with van der Waals surface area (Å²) in [5.41, 5.74) is 2.03. The van der Waals surface area contributed by atoms with Crippen molar-refractivity contribution in [2.75, 3.05) is 0 Å². The van der Waals surface area contributed by atoms with Crippen LogP contribution in [0.5, 0.6) is 0 Å². The van der Waals surface area contributed by atoms with Crippen LogP contribution in [0.4, 0.5) is 13.2 Å². The molecular weight excluding hydrogens is 471 g/mol. The van der Waals surface area contributed by atoms with Crippen molar-refractivity contribution in [2.24, 2.45) is 0 Å². The van der Waals surface area contributed by atoms with Crippen LogP contribution >= 0.6 is 0 Å². The zero-order valence-electron chi connectivity index (χ0n) is 18.5. The molecule has 0 aliphatic heterocycles. The Morgan fingerprint density at radius 3 is 2.69 bits per heavy atom. The minimum absolute atomic E-state index is 0.0842. The van der Waals surface area contributed by atoms with Crippen LogP contribution in [0.25, 0.3) is 27.6 Å². The molecule has 10 heteroatoms. The summed E-state index contributed by atoms with van der Waals surface area (Å²) < 4.78 is 42.9. The van der Waals surface area contributed by atoms with Crippen LogP contribution in [-0.4, -0.2) is 30.3 Å². The Balaban J connectivity index is 1.33. The van der Waals surface area contributed by atoms with Gasteiger partial charge in [0.05, 0.1) is 17.6 Å². The maximum Gasteiger partial charge on any atom is 0.275 e. The second-order valence-corrected chi connectivity index (χ2v) is 8.42. The Bertz CT molecular complexity index is 1800. The van der Waals surface area contributed by atoms with Crippen LogP contribution in [0.3, 0.4) is 0 Å². The highest BCUT2D eigenvalue weighted by molar-refractivity contribution is 6.16. The third kappa shape index (κ3) is 3.54. The number of carbonyl (C=O) groups excluding carboxylic acids is 1. The molecule has 0 bridgehead atoms. The molecule has 1 aliphatic rings. The predicted molar refractivity (Wildman–Crippen MR) is 127 cm³/mol. The van der Waals surface area contributed by atoms with Crippen molar-refractivity contribution in [3.05, 3.63) is 111 Å². The maximum atomic E-state index is 14.1. The molecule has 0 saturated heterocycles. The van der Waals surface area contributed by atoms with Crippen LogP contribution in [0.1, 0.15) is 33.7 Å². The van der Waals surface area contributed by atoms with Gasteiger partial charge in [0.25, 0.3) is 5.56 Å². The van der Waals surface area contributed by atoms with Gasteiger partial charge in [-0.25, -0.2) is 23.1 Å².